The van der Waals surface area contributed by atoms with Crippen LogP contribution in [0.15, 0.2) is 12.1 Å². The second kappa shape index (κ2) is 7.58. The van der Waals surface area contributed by atoms with Crippen molar-refractivity contribution in [3.8, 4) is 17.2 Å². The molecule has 1 unspecified atom stereocenters. The van der Waals surface area contributed by atoms with E-state index in [1.54, 1.807) is 12.1 Å². The molecule has 0 radical (unpaired) electrons. The van der Waals surface area contributed by atoms with Crippen LogP contribution in [0.2, 0.25) is 0 Å². The number of aliphatic carboxylic acids is 1. The van der Waals surface area contributed by atoms with Gasteiger partial charge in [-0.3, -0.25) is 4.79 Å². The molecular weight excluding hydrogens is 333 g/mol. The van der Waals surface area contributed by atoms with E-state index in [0.29, 0.717) is 23.7 Å². The minimum Gasteiger partial charge on any atom is -0.493 e. The smallest absolute Gasteiger partial charge is 0.343 e. The van der Waals surface area contributed by atoms with Gasteiger partial charge >= 0.3 is 5.97 Å². The zero-order chi connectivity index (χ0) is 18.6. The number of hydrogen-bond donors (Lipinski definition) is 1. The highest BCUT2D eigenvalue weighted by Crippen LogP contribution is 2.40. The van der Waals surface area contributed by atoms with Gasteiger partial charge in [0.25, 0.3) is 0 Å². The highest BCUT2D eigenvalue weighted by molar-refractivity contribution is 5.82. The third-order valence-corrected chi connectivity index (χ3v) is 4.35. The van der Waals surface area contributed by atoms with E-state index in [-0.39, 0.29) is 25.3 Å². The van der Waals surface area contributed by atoms with Gasteiger partial charge in [0.2, 0.25) is 17.3 Å². The lowest BCUT2D eigenvalue weighted by Crippen LogP contribution is -2.38. The Kier molecular flexibility index (Phi) is 5.71. The van der Waals surface area contributed by atoms with Gasteiger partial charge < -0.3 is 24.2 Å². The number of rotatable bonds is 7. The first-order chi connectivity index (χ1) is 11.9. The van der Waals surface area contributed by atoms with Crippen LogP contribution in [0.4, 0.5) is 4.39 Å². The lowest BCUT2D eigenvalue weighted by Gasteiger charge is -2.19. The number of halogens is 1. The van der Waals surface area contributed by atoms with Gasteiger partial charge in [-0.25, -0.2) is 9.18 Å². The number of ether oxygens (including phenoxy) is 3. The van der Waals surface area contributed by atoms with Gasteiger partial charge in [-0.15, -0.1) is 0 Å². The molecule has 8 heteroatoms. The van der Waals surface area contributed by atoms with Gasteiger partial charge in [-0.1, -0.05) is 6.07 Å². The van der Waals surface area contributed by atoms with Crippen molar-refractivity contribution in [1.29, 1.82) is 0 Å². The van der Waals surface area contributed by atoms with Crippen LogP contribution >= 0.6 is 0 Å². The lowest BCUT2D eigenvalue weighted by molar-refractivity contribution is -0.150. The Morgan fingerprint density at radius 3 is 2.40 bits per heavy atom. The maximum atomic E-state index is 14.1. The summed E-state index contributed by atoms with van der Waals surface area (Å²) < 4.78 is 29.9. The Morgan fingerprint density at radius 1 is 1.20 bits per heavy atom. The van der Waals surface area contributed by atoms with Crippen LogP contribution in [-0.2, 0) is 16.0 Å². The van der Waals surface area contributed by atoms with Gasteiger partial charge in [0.05, 0.1) is 27.9 Å². The van der Waals surface area contributed by atoms with Gasteiger partial charge in [0.15, 0.2) is 11.5 Å². The van der Waals surface area contributed by atoms with E-state index in [0.717, 1.165) is 5.56 Å². The number of nitrogens with zero attached hydrogens (tertiary/aromatic N) is 1. The predicted molar refractivity (Wildman–Crippen MR) is 87.1 cm³/mol. The summed E-state index contributed by atoms with van der Waals surface area (Å²) in [5, 5.41) is 8.90. The Balaban J connectivity index is 2.07. The first-order valence-corrected chi connectivity index (χ1v) is 7.84. The fourth-order valence-corrected chi connectivity index (χ4v) is 2.92. The fraction of sp³-hybridized carbons (Fsp3) is 0.529. The van der Waals surface area contributed by atoms with E-state index in [4.69, 9.17) is 19.3 Å². The lowest BCUT2D eigenvalue weighted by atomic mass is 10.1. The average Bonchev–Trinajstić information content (AvgIpc) is 3.02. The zero-order valence-electron chi connectivity index (χ0n) is 14.5. The van der Waals surface area contributed by atoms with Crippen LogP contribution in [-0.4, -0.2) is 62.0 Å². The van der Waals surface area contributed by atoms with Gasteiger partial charge in [-0.2, -0.15) is 0 Å². The summed E-state index contributed by atoms with van der Waals surface area (Å²) in [6.07, 6.45) is 0.278. The summed E-state index contributed by atoms with van der Waals surface area (Å²) in [6, 6.07) is 3.49. The topological polar surface area (TPSA) is 85.3 Å². The van der Waals surface area contributed by atoms with Crippen molar-refractivity contribution in [2.75, 3.05) is 34.4 Å². The fourth-order valence-electron chi connectivity index (χ4n) is 2.92. The number of aryl methyl sites for hydroxylation is 1. The van der Waals surface area contributed by atoms with Crippen molar-refractivity contribution in [2.45, 2.75) is 24.9 Å². The zero-order valence-corrected chi connectivity index (χ0v) is 14.5. The number of methoxy groups -OCH3 is 3. The average molecular weight is 355 g/mol. The van der Waals surface area contributed by atoms with Crippen LogP contribution < -0.4 is 14.2 Å². The maximum absolute atomic E-state index is 14.1. The van der Waals surface area contributed by atoms with Crippen molar-refractivity contribution in [3.63, 3.8) is 0 Å². The van der Waals surface area contributed by atoms with Crippen molar-refractivity contribution >= 4 is 11.9 Å². The normalized spacial score (nSPS) is 19.6. The molecule has 1 aliphatic rings. The largest absolute Gasteiger partial charge is 0.493 e. The third kappa shape index (κ3) is 3.78. The Hall–Kier alpha value is -2.51. The van der Waals surface area contributed by atoms with Crippen molar-refractivity contribution in [2.24, 2.45) is 0 Å². The molecule has 1 amide bonds. The highest BCUT2D eigenvalue weighted by atomic mass is 19.1. The number of likely N-dealkylation sites (tertiary alicyclic amines) is 1. The number of amides is 1. The predicted octanol–water partition coefficient (Wildman–Crippen LogP) is 1.67. The minimum absolute atomic E-state index is 0.102. The van der Waals surface area contributed by atoms with E-state index >= 15 is 0 Å². The van der Waals surface area contributed by atoms with E-state index in [1.165, 1.54) is 26.2 Å². The Morgan fingerprint density at radius 2 is 1.88 bits per heavy atom. The van der Waals surface area contributed by atoms with Gasteiger partial charge in [0, 0.05) is 19.4 Å². The SMILES string of the molecule is COc1ccc(CCC(=O)N2CCC(F)(C(=O)O)C2)c(OC)c1OC. The molecule has 1 heterocycles. The second-order valence-electron chi connectivity index (χ2n) is 5.83. The molecule has 2 rings (SSSR count). The summed E-state index contributed by atoms with van der Waals surface area (Å²) >= 11 is 0. The molecule has 0 saturated carbocycles. The molecule has 1 N–H and O–H groups in total. The molecule has 7 nitrogen and oxygen atoms in total. The Labute approximate surface area is 145 Å². The number of benzene rings is 1. The summed E-state index contributed by atoms with van der Waals surface area (Å²) in [7, 11) is 4.50. The molecule has 0 aliphatic carbocycles. The van der Waals surface area contributed by atoms with Crippen molar-refractivity contribution in [1.82, 2.24) is 4.90 Å². The molecule has 0 spiro atoms. The van der Waals surface area contributed by atoms with Crippen LogP contribution in [0.5, 0.6) is 17.2 Å². The number of hydrogen-bond acceptors (Lipinski definition) is 5. The molecule has 0 bridgehead atoms. The molecule has 138 valence electrons. The molecule has 25 heavy (non-hydrogen) atoms. The summed E-state index contributed by atoms with van der Waals surface area (Å²) in [5.41, 5.74) is -1.60. The number of carbonyl (C=O) groups is 2. The number of carboxylic acids is 1. The number of alkyl halides is 1. The quantitative estimate of drug-likeness (QED) is 0.801. The first-order valence-electron chi connectivity index (χ1n) is 7.84. The number of carboxylic acid groups (broad SMARTS) is 1. The van der Waals surface area contributed by atoms with E-state index in [2.05, 4.69) is 0 Å². The van der Waals surface area contributed by atoms with Crippen molar-refractivity contribution < 1.29 is 33.3 Å². The third-order valence-electron chi connectivity index (χ3n) is 4.35. The van der Waals surface area contributed by atoms with Crippen LogP contribution in [0.25, 0.3) is 0 Å². The van der Waals surface area contributed by atoms with E-state index in [1.807, 2.05) is 0 Å². The van der Waals surface area contributed by atoms with Crippen LogP contribution in [0.3, 0.4) is 0 Å². The molecule has 0 aromatic heterocycles. The standard InChI is InChI=1S/C17H22FNO6/c1-23-12-6-4-11(14(24-2)15(12)25-3)5-7-13(20)19-9-8-17(18,10-19)16(21)22/h4,6H,5,7-10H2,1-3H3,(H,21,22). The van der Waals surface area contributed by atoms with E-state index < -0.39 is 18.2 Å². The monoisotopic (exact) mass is 355 g/mol. The molecule has 1 atom stereocenters. The molecular formula is C17H22FNO6. The molecule has 1 aliphatic heterocycles. The summed E-state index contributed by atoms with van der Waals surface area (Å²) in [4.78, 5) is 24.5. The summed E-state index contributed by atoms with van der Waals surface area (Å²) in [6.45, 7) is -0.311. The van der Waals surface area contributed by atoms with Crippen LogP contribution in [0, 0.1) is 0 Å². The van der Waals surface area contributed by atoms with Crippen LogP contribution in [0.1, 0.15) is 18.4 Å². The number of carbonyl (C=O) groups excluding carboxylic acids is 1. The maximum Gasteiger partial charge on any atom is 0.343 e. The molecule has 1 aromatic carbocycles. The molecule has 1 aromatic rings. The van der Waals surface area contributed by atoms with Gasteiger partial charge in [-0.05, 0) is 18.1 Å². The minimum atomic E-state index is -2.35. The van der Waals surface area contributed by atoms with Crippen molar-refractivity contribution in [3.05, 3.63) is 17.7 Å². The van der Waals surface area contributed by atoms with Gasteiger partial charge in [0.1, 0.15) is 0 Å². The van der Waals surface area contributed by atoms with E-state index in [9.17, 15) is 14.0 Å². The first kappa shape index (κ1) is 18.8. The summed E-state index contributed by atoms with van der Waals surface area (Å²) in [5.74, 6) is -0.397. The highest BCUT2D eigenvalue weighted by Gasteiger charge is 2.46. The molecule has 1 saturated heterocycles. The Bertz CT molecular complexity index is 665. The molecule has 1 fully saturated rings. The second-order valence-corrected chi connectivity index (χ2v) is 5.83.